The third-order valence-corrected chi connectivity index (χ3v) is 5.27. The highest BCUT2D eigenvalue weighted by atomic mass is 16.2. The van der Waals surface area contributed by atoms with Gasteiger partial charge >= 0.3 is 6.03 Å². The lowest BCUT2D eigenvalue weighted by molar-refractivity contribution is 0.100. The number of rotatable bonds is 7. The van der Waals surface area contributed by atoms with E-state index >= 15 is 0 Å². The second kappa shape index (κ2) is 9.82. The van der Waals surface area contributed by atoms with Gasteiger partial charge in [0.15, 0.2) is 0 Å². The highest BCUT2D eigenvalue weighted by molar-refractivity contribution is 5.98. The summed E-state index contributed by atoms with van der Waals surface area (Å²) in [4.78, 5) is 30.3. The molecule has 0 spiro atoms. The number of likely N-dealkylation sites (tertiary alicyclic amines) is 1. The molecule has 5 N–H and O–H groups in total. The number of primary amides is 1. The molecule has 3 amide bonds. The van der Waals surface area contributed by atoms with Crippen LogP contribution in [0.15, 0.2) is 66.9 Å². The topological polar surface area (TPSA) is 112 Å². The molecule has 8 nitrogen and oxygen atoms in total. The Balaban J connectivity index is 1.47. The van der Waals surface area contributed by atoms with E-state index < -0.39 is 5.91 Å². The second-order valence-electron chi connectivity index (χ2n) is 7.65. The standard InChI is InChI=1S/C24H26N6O2/c25-23(31)20-16-27-22(14-21(20)26-15-17-7-2-1-3-8-17)28-18-9-6-10-19(13-18)29-24(32)30-11-4-5-12-30/h1-3,6-10,13-14,16H,4-5,11-12,15H2,(H2,25,31)(H,29,32)(H2,26,27,28). The van der Waals surface area contributed by atoms with Crippen molar-refractivity contribution in [1.29, 1.82) is 0 Å². The smallest absolute Gasteiger partial charge is 0.321 e. The molecule has 164 valence electrons. The van der Waals surface area contributed by atoms with Gasteiger partial charge in [-0.25, -0.2) is 9.78 Å². The van der Waals surface area contributed by atoms with Crippen molar-refractivity contribution in [2.45, 2.75) is 19.4 Å². The first-order valence-corrected chi connectivity index (χ1v) is 10.6. The maximum absolute atomic E-state index is 12.3. The Labute approximate surface area is 186 Å². The van der Waals surface area contributed by atoms with Crippen LogP contribution in [0.2, 0.25) is 0 Å². The average Bonchev–Trinajstić information content (AvgIpc) is 3.34. The van der Waals surface area contributed by atoms with Crippen molar-refractivity contribution in [3.8, 4) is 0 Å². The van der Waals surface area contributed by atoms with Gasteiger partial charge in [0.1, 0.15) is 5.82 Å². The number of nitrogens with zero attached hydrogens (tertiary/aromatic N) is 2. The van der Waals surface area contributed by atoms with E-state index in [-0.39, 0.29) is 6.03 Å². The Morgan fingerprint density at radius 1 is 0.969 bits per heavy atom. The van der Waals surface area contributed by atoms with E-state index in [9.17, 15) is 9.59 Å². The van der Waals surface area contributed by atoms with Crippen molar-refractivity contribution in [3.05, 3.63) is 78.0 Å². The lowest BCUT2D eigenvalue weighted by Gasteiger charge is -2.17. The Bertz CT molecular complexity index is 1100. The monoisotopic (exact) mass is 430 g/mol. The van der Waals surface area contributed by atoms with E-state index in [1.54, 1.807) is 6.07 Å². The molecule has 0 aliphatic carbocycles. The van der Waals surface area contributed by atoms with E-state index in [2.05, 4.69) is 20.9 Å². The van der Waals surface area contributed by atoms with E-state index in [1.807, 2.05) is 59.5 Å². The first kappa shape index (κ1) is 21.2. The molecule has 1 fully saturated rings. The van der Waals surface area contributed by atoms with Crippen LogP contribution < -0.4 is 21.7 Å². The van der Waals surface area contributed by atoms with Gasteiger partial charge in [-0.1, -0.05) is 36.4 Å². The van der Waals surface area contributed by atoms with E-state index in [0.29, 0.717) is 29.3 Å². The number of benzene rings is 2. The number of nitrogens with one attached hydrogen (secondary N) is 3. The summed E-state index contributed by atoms with van der Waals surface area (Å²) in [6.45, 7) is 2.12. The Kier molecular flexibility index (Phi) is 6.50. The zero-order chi connectivity index (χ0) is 22.3. The van der Waals surface area contributed by atoms with E-state index in [0.717, 1.165) is 37.2 Å². The fraction of sp³-hybridized carbons (Fsp3) is 0.208. The number of hydrogen-bond donors (Lipinski definition) is 4. The fourth-order valence-corrected chi connectivity index (χ4v) is 3.60. The Morgan fingerprint density at radius 2 is 1.72 bits per heavy atom. The fourth-order valence-electron chi connectivity index (χ4n) is 3.60. The van der Waals surface area contributed by atoms with Crippen LogP contribution in [-0.2, 0) is 6.54 Å². The van der Waals surface area contributed by atoms with Crippen molar-refractivity contribution < 1.29 is 9.59 Å². The SMILES string of the molecule is NC(=O)c1cnc(Nc2cccc(NC(=O)N3CCCC3)c2)cc1NCc1ccccc1. The molecular formula is C24H26N6O2. The van der Waals surface area contributed by atoms with E-state index in [1.165, 1.54) is 6.20 Å². The summed E-state index contributed by atoms with van der Waals surface area (Å²) in [7, 11) is 0. The van der Waals surface area contributed by atoms with Crippen molar-refractivity contribution in [3.63, 3.8) is 0 Å². The second-order valence-corrected chi connectivity index (χ2v) is 7.65. The minimum absolute atomic E-state index is 0.0871. The Hall–Kier alpha value is -4.07. The molecule has 8 heteroatoms. The van der Waals surface area contributed by atoms with Crippen LogP contribution in [0.3, 0.4) is 0 Å². The summed E-state index contributed by atoms with van der Waals surface area (Å²) in [5, 5.41) is 9.42. The number of amides is 3. The summed E-state index contributed by atoms with van der Waals surface area (Å²) in [6, 6.07) is 19.0. The number of pyridine rings is 1. The maximum atomic E-state index is 12.3. The number of nitrogens with two attached hydrogens (primary N) is 1. The molecule has 1 saturated heterocycles. The highest BCUT2D eigenvalue weighted by Gasteiger charge is 2.17. The predicted molar refractivity (Wildman–Crippen MR) is 126 cm³/mol. The number of anilines is 4. The molecule has 0 saturated carbocycles. The van der Waals surface area contributed by atoms with Gasteiger partial charge < -0.3 is 26.6 Å². The maximum Gasteiger partial charge on any atom is 0.321 e. The quantitative estimate of drug-likeness (QED) is 0.450. The molecule has 0 bridgehead atoms. The minimum Gasteiger partial charge on any atom is -0.380 e. The Morgan fingerprint density at radius 3 is 2.47 bits per heavy atom. The summed E-state index contributed by atoms with van der Waals surface area (Å²) in [6.07, 6.45) is 3.54. The van der Waals surface area contributed by atoms with Gasteiger partial charge in [0.05, 0.1) is 11.3 Å². The molecule has 4 rings (SSSR count). The largest absolute Gasteiger partial charge is 0.380 e. The number of urea groups is 1. The van der Waals surface area contributed by atoms with Crippen LogP contribution >= 0.6 is 0 Å². The first-order chi connectivity index (χ1) is 15.6. The third kappa shape index (κ3) is 5.34. The summed E-state index contributed by atoms with van der Waals surface area (Å²) >= 11 is 0. The molecule has 32 heavy (non-hydrogen) atoms. The molecule has 0 unspecified atom stereocenters. The first-order valence-electron chi connectivity index (χ1n) is 10.6. The molecule has 2 heterocycles. The number of carbonyl (C=O) groups excluding carboxylic acids is 2. The number of aromatic nitrogens is 1. The molecule has 1 aromatic heterocycles. The van der Waals surface area contributed by atoms with Crippen LogP contribution in [-0.4, -0.2) is 34.9 Å². The number of hydrogen-bond acceptors (Lipinski definition) is 5. The average molecular weight is 431 g/mol. The van der Waals surface area contributed by atoms with Crippen LogP contribution in [0.5, 0.6) is 0 Å². The molecule has 2 aromatic carbocycles. The van der Waals surface area contributed by atoms with Crippen LogP contribution in [0.25, 0.3) is 0 Å². The normalized spacial score (nSPS) is 12.9. The molecule has 0 radical (unpaired) electrons. The van der Waals surface area contributed by atoms with Gasteiger partial charge in [-0.05, 0) is 36.6 Å². The van der Waals surface area contributed by atoms with Crippen LogP contribution in [0.1, 0.15) is 28.8 Å². The lowest BCUT2D eigenvalue weighted by atomic mass is 10.2. The zero-order valence-electron chi connectivity index (χ0n) is 17.7. The highest BCUT2D eigenvalue weighted by Crippen LogP contribution is 2.24. The van der Waals surface area contributed by atoms with Crippen molar-refractivity contribution in [1.82, 2.24) is 9.88 Å². The third-order valence-electron chi connectivity index (χ3n) is 5.27. The van der Waals surface area contributed by atoms with Gasteiger partial charge in [-0.3, -0.25) is 4.79 Å². The van der Waals surface area contributed by atoms with Gasteiger partial charge in [-0.2, -0.15) is 0 Å². The zero-order valence-corrected chi connectivity index (χ0v) is 17.7. The van der Waals surface area contributed by atoms with Crippen LogP contribution in [0, 0.1) is 0 Å². The summed E-state index contributed by atoms with van der Waals surface area (Å²) in [5.74, 6) is -0.000171. The molecular weight excluding hydrogens is 404 g/mol. The van der Waals surface area contributed by atoms with Gasteiger partial charge in [0.2, 0.25) is 0 Å². The number of carbonyl (C=O) groups is 2. The van der Waals surface area contributed by atoms with Gasteiger partial charge in [-0.15, -0.1) is 0 Å². The molecule has 3 aromatic rings. The minimum atomic E-state index is -0.550. The predicted octanol–water partition coefficient (Wildman–Crippen LogP) is 4.16. The van der Waals surface area contributed by atoms with Gasteiger partial charge in [0.25, 0.3) is 5.91 Å². The lowest BCUT2D eigenvalue weighted by Crippen LogP contribution is -2.32. The molecule has 1 aliphatic rings. The van der Waals surface area contributed by atoms with Crippen molar-refractivity contribution in [2.24, 2.45) is 5.73 Å². The summed E-state index contributed by atoms with van der Waals surface area (Å²) in [5.41, 5.74) is 8.97. The van der Waals surface area contributed by atoms with Crippen LogP contribution in [0.4, 0.5) is 27.7 Å². The van der Waals surface area contributed by atoms with Crippen molar-refractivity contribution in [2.75, 3.05) is 29.0 Å². The summed E-state index contributed by atoms with van der Waals surface area (Å²) < 4.78 is 0. The molecule has 1 aliphatic heterocycles. The van der Waals surface area contributed by atoms with Crippen molar-refractivity contribution >= 4 is 34.8 Å². The molecule has 0 atom stereocenters. The van der Waals surface area contributed by atoms with Gasteiger partial charge in [0, 0.05) is 43.3 Å². The van der Waals surface area contributed by atoms with E-state index in [4.69, 9.17) is 5.73 Å².